The van der Waals surface area contributed by atoms with Gasteiger partial charge in [0.15, 0.2) is 16.7 Å². The highest BCUT2D eigenvalue weighted by molar-refractivity contribution is 7.99. The molecule has 1 N–H and O–H groups in total. The summed E-state index contributed by atoms with van der Waals surface area (Å²) in [5, 5.41) is 6.24. The predicted octanol–water partition coefficient (Wildman–Crippen LogP) is 6.82. The smallest absolute Gasteiger partial charge is 0.188 e. The van der Waals surface area contributed by atoms with E-state index in [-0.39, 0.29) is 24.8 Å². The first-order valence-electron chi connectivity index (χ1n) is 10.1. The van der Waals surface area contributed by atoms with Crippen LogP contribution < -0.4 is 10.1 Å². The average Bonchev–Trinajstić information content (AvgIpc) is 3.47. The Morgan fingerprint density at radius 1 is 1.18 bits per heavy atom. The van der Waals surface area contributed by atoms with Crippen LogP contribution in [-0.4, -0.2) is 25.3 Å². The number of thiazole rings is 1. The number of hydrogen-bond acceptors (Lipinski definition) is 7. The van der Waals surface area contributed by atoms with Crippen LogP contribution in [0.1, 0.15) is 31.0 Å². The van der Waals surface area contributed by atoms with Gasteiger partial charge in [0.25, 0.3) is 0 Å². The molecule has 0 saturated heterocycles. The fourth-order valence-corrected chi connectivity index (χ4v) is 4.57. The summed E-state index contributed by atoms with van der Waals surface area (Å²) in [7, 11) is 0. The van der Waals surface area contributed by atoms with E-state index in [0.29, 0.717) is 18.3 Å². The number of ether oxygens (including phenoxy) is 1. The van der Waals surface area contributed by atoms with Gasteiger partial charge in [-0.3, -0.25) is 0 Å². The number of rotatable bonds is 10. The van der Waals surface area contributed by atoms with Gasteiger partial charge in [-0.2, -0.15) is 0 Å². The minimum atomic E-state index is 0. The molecule has 0 atom stereocenters. The van der Waals surface area contributed by atoms with Crippen LogP contribution in [0.25, 0.3) is 0 Å². The molecule has 0 bridgehead atoms. The molecule has 0 amide bonds. The zero-order valence-corrected chi connectivity index (χ0v) is 21.6. The topological polar surface area (TPSA) is 64.9 Å². The molecule has 0 aliphatic rings. The molecule has 0 radical (unpaired) electrons. The summed E-state index contributed by atoms with van der Waals surface area (Å²) < 4.78 is 8.23. The van der Waals surface area contributed by atoms with Gasteiger partial charge >= 0.3 is 0 Å². The monoisotopic (exact) mass is 523 g/mol. The van der Waals surface area contributed by atoms with Crippen LogP contribution in [0.5, 0.6) is 5.75 Å². The van der Waals surface area contributed by atoms with Crippen LogP contribution in [0.15, 0.2) is 71.6 Å². The Morgan fingerprint density at radius 3 is 2.70 bits per heavy atom. The fourth-order valence-electron chi connectivity index (χ4n) is 2.84. The second-order valence-corrected chi connectivity index (χ2v) is 9.32. The third kappa shape index (κ3) is 7.92. The quantitative estimate of drug-likeness (QED) is 0.230. The van der Waals surface area contributed by atoms with Crippen molar-refractivity contribution in [1.29, 1.82) is 0 Å². The number of halogens is 2. The number of hydrogen-bond donors (Lipinski definition) is 1. The average molecular weight is 525 g/mol. The number of benzene rings is 1. The molecule has 4 aromatic rings. The van der Waals surface area contributed by atoms with Crippen LogP contribution in [0.3, 0.4) is 0 Å². The van der Waals surface area contributed by atoms with Crippen LogP contribution in [0.2, 0.25) is 0 Å². The van der Waals surface area contributed by atoms with Crippen molar-refractivity contribution in [3.05, 3.63) is 78.0 Å². The molecule has 1 aromatic carbocycles. The summed E-state index contributed by atoms with van der Waals surface area (Å²) in [6.45, 7) is 5.65. The number of aromatic nitrogens is 4. The van der Waals surface area contributed by atoms with Gasteiger partial charge in [-0.1, -0.05) is 44.2 Å². The Hall–Kier alpha value is -2.26. The third-order valence-corrected chi connectivity index (χ3v) is 6.30. The SMILES string of the molecule is CC(C)c1csc(Nc2ncc(SCCn3ccnc3)cc2OCc2ccccc2)n1.Cl.Cl. The molecule has 6 nitrogen and oxygen atoms in total. The Labute approximate surface area is 215 Å². The maximum atomic E-state index is 6.17. The van der Waals surface area contributed by atoms with E-state index < -0.39 is 0 Å². The van der Waals surface area contributed by atoms with Crippen LogP contribution in [0, 0.1) is 0 Å². The number of nitrogens with one attached hydrogen (secondary N) is 1. The highest BCUT2D eigenvalue weighted by Crippen LogP contribution is 2.32. The van der Waals surface area contributed by atoms with Crippen molar-refractivity contribution in [2.45, 2.75) is 37.8 Å². The molecule has 0 fully saturated rings. The van der Waals surface area contributed by atoms with E-state index in [1.54, 1.807) is 29.3 Å². The standard InChI is InChI=1S/C23H25N5OS2.2ClH/c1-17(2)20-15-31-23(26-20)27-22-21(29-14-18-6-4-3-5-7-18)12-19(13-25-22)30-11-10-28-9-8-24-16-28;;/h3-9,12-13,15-17H,10-11,14H2,1-2H3,(H,25,26,27);2*1H. The van der Waals surface area contributed by atoms with E-state index >= 15 is 0 Å². The molecule has 3 aromatic heterocycles. The molecule has 33 heavy (non-hydrogen) atoms. The van der Waals surface area contributed by atoms with Crippen molar-refractivity contribution in [3.63, 3.8) is 0 Å². The van der Waals surface area contributed by atoms with Gasteiger partial charge in [0.05, 0.1) is 12.0 Å². The van der Waals surface area contributed by atoms with E-state index in [4.69, 9.17) is 4.74 Å². The molecule has 0 saturated carbocycles. The molecular weight excluding hydrogens is 497 g/mol. The molecule has 0 spiro atoms. The van der Waals surface area contributed by atoms with Crippen molar-refractivity contribution in [2.24, 2.45) is 0 Å². The first-order valence-corrected chi connectivity index (χ1v) is 12.0. The second kappa shape index (κ2) is 13.4. The Morgan fingerprint density at radius 2 is 2.00 bits per heavy atom. The fraction of sp³-hybridized carbons (Fsp3) is 0.261. The third-order valence-electron chi connectivity index (χ3n) is 4.58. The molecule has 4 rings (SSSR count). The van der Waals surface area contributed by atoms with Gasteiger partial charge in [-0.05, 0) is 17.5 Å². The summed E-state index contributed by atoms with van der Waals surface area (Å²) in [5.41, 5.74) is 2.19. The highest BCUT2D eigenvalue weighted by Gasteiger charge is 2.12. The highest BCUT2D eigenvalue weighted by atomic mass is 35.5. The maximum Gasteiger partial charge on any atom is 0.188 e. The zero-order valence-electron chi connectivity index (χ0n) is 18.4. The molecule has 3 heterocycles. The number of anilines is 2. The number of imidazole rings is 1. The second-order valence-electron chi connectivity index (χ2n) is 7.30. The van der Waals surface area contributed by atoms with Gasteiger partial charge in [0, 0.05) is 41.2 Å². The van der Waals surface area contributed by atoms with Gasteiger partial charge in [-0.15, -0.1) is 47.9 Å². The Kier molecular flexibility index (Phi) is 11.0. The van der Waals surface area contributed by atoms with Crippen molar-refractivity contribution in [2.75, 3.05) is 11.1 Å². The van der Waals surface area contributed by atoms with E-state index in [1.165, 1.54) is 0 Å². The largest absolute Gasteiger partial charge is 0.485 e. The van der Waals surface area contributed by atoms with Gasteiger partial charge in [0.1, 0.15) is 6.61 Å². The van der Waals surface area contributed by atoms with E-state index in [9.17, 15) is 0 Å². The molecule has 0 aliphatic carbocycles. The Balaban J connectivity index is 0.00000193. The van der Waals surface area contributed by atoms with E-state index in [2.05, 4.69) is 56.2 Å². The maximum absolute atomic E-state index is 6.17. The minimum absolute atomic E-state index is 0. The molecule has 0 unspecified atom stereocenters. The summed E-state index contributed by atoms with van der Waals surface area (Å²) in [6, 6.07) is 12.2. The van der Waals surface area contributed by atoms with Crippen molar-refractivity contribution in [3.8, 4) is 5.75 Å². The van der Waals surface area contributed by atoms with Crippen molar-refractivity contribution >= 4 is 58.9 Å². The van der Waals surface area contributed by atoms with Gasteiger partial charge in [0.2, 0.25) is 0 Å². The summed E-state index contributed by atoms with van der Waals surface area (Å²) >= 11 is 3.33. The summed E-state index contributed by atoms with van der Waals surface area (Å²) in [5.74, 6) is 2.72. The molecule has 10 heteroatoms. The zero-order chi connectivity index (χ0) is 21.5. The molecule has 0 aliphatic heterocycles. The lowest BCUT2D eigenvalue weighted by Gasteiger charge is -2.13. The first-order chi connectivity index (χ1) is 15.2. The van der Waals surface area contributed by atoms with Crippen LogP contribution in [0.4, 0.5) is 10.9 Å². The normalized spacial score (nSPS) is 10.4. The Bertz CT molecular complexity index is 1090. The molecule has 176 valence electrons. The number of thioether (sulfide) groups is 1. The van der Waals surface area contributed by atoms with E-state index in [1.807, 2.05) is 43.0 Å². The number of nitrogens with zero attached hydrogens (tertiary/aromatic N) is 4. The summed E-state index contributed by atoms with van der Waals surface area (Å²) in [6.07, 6.45) is 7.48. The number of aryl methyl sites for hydroxylation is 1. The lowest BCUT2D eigenvalue weighted by Crippen LogP contribution is -2.02. The van der Waals surface area contributed by atoms with Crippen molar-refractivity contribution in [1.82, 2.24) is 19.5 Å². The van der Waals surface area contributed by atoms with Crippen molar-refractivity contribution < 1.29 is 4.74 Å². The van der Waals surface area contributed by atoms with Gasteiger partial charge < -0.3 is 14.6 Å². The molecular formula is C23H27Cl2N5OS2. The minimum Gasteiger partial charge on any atom is -0.485 e. The van der Waals surface area contributed by atoms with Crippen LogP contribution >= 0.6 is 47.9 Å². The summed E-state index contributed by atoms with van der Waals surface area (Å²) in [4.78, 5) is 14.5. The van der Waals surface area contributed by atoms with E-state index in [0.717, 1.165) is 39.3 Å². The van der Waals surface area contributed by atoms with Crippen LogP contribution in [-0.2, 0) is 13.2 Å². The lowest BCUT2D eigenvalue weighted by molar-refractivity contribution is 0.306. The first kappa shape index (κ1) is 27.0. The number of pyridine rings is 1. The lowest BCUT2D eigenvalue weighted by atomic mass is 10.2. The predicted molar refractivity (Wildman–Crippen MR) is 142 cm³/mol. The van der Waals surface area contributed by atoms with Gasteiger partial charge in [-0.25, -0.2) is 15.0 Å².